The molecule has 1 aliphatic heterocycles. The monoisotopic (exact) mass is 248 g/mol. The second-order valence-corrected chi connectivity index (χ2v) is 5.40. The van der Waals surface area contributed by atoms with E-state index in [1.54, 1.807) is 12.1 Å². The summed E-state index contributed by atoms with van der Waals surface area (Å²) in [6.07, 6.45) is 5.23. The molecule has 0 amide bonds. The Balaban J connectivity index is 1.89. The van der Waals surface area contributed by atoms with Crippen LogP contribution in [0.1, 0.15) is 38.2 Å². The Hall–Kier alpha value is -1.22. The molecule has 0 spiro atoms. The summed E-state index contributed by atoms with van der Waals surface area (Å²) in [5.74, 6) is 1.26. The summed E-state index contributed by atoms with van der Waals surface area (Å²) in [6.45, 7) is 5.35. The maximum absolute atomic E-state index is 9.82. The fourth-order valence-corrected chi connectivity index (χ4v) is 2.81. The van der Waals surface area contributed by atoms with Crippen molar-refractivity contribution >= 4 is 5.69 Å². The number of anilines is 1. The second-order valence-electron chi connectivity index (χ2n) is 5.40. The standard InChI is InChI=1S/C15H24N2O/c1-2-3-12-6-8-17(9-7-12)11-13-10-14(16)4-5-15(13)18/h4-5,10,12,18H,2-3,6-9,11,16H2,1H3. The lowest BCUT2D eigenvalue weighted by atomic mass is 9.92. The summed E-state index contributed by atoms with van der Waals surface area (Å²) in [7, 11) is 0. The summed E-state index contributed by atoms with van der Waals surface area (Å²) in [4.78, 5) is 2.42. The van der Waals surface area contributed by atoms with Gasteiger partial charge in [0.05, 0.1) is 0 Å². The molecule has 1 saturated heterocycles. The zero-order valence-electron chi connectivity index (χ0n) is 11.2. The largest absolute Gasteiger partial charge is 0.508 e. The van der Waals surface area contributed by atoms with Crippen LogP contribution in [0.4, 0.5) is 5.69 Å². The number of nitrogens with zero attached hydrogens (tertiary/aromatic N) is 1. The van der Waals surface area contributed by atoms with Gasteiger partial charge in [-0.05, 0) is 50.0 Å². The van der Waals surface area contributed by atoms with Gasteiger partial charge in [0.15, 0.2) is 0 Å². The number of hydrogen-bond acceptors (Lipinski definition) is 3. The molecule has 0 bridgehead atoms. The molecule has 18 heavy (non-hydrogen) atoms. The average Bonchev–Trinajstić information content (AvgIpc) is 2.37. The van der Waals surface area contributed by atoms with E-state index in [1.165, 1.54) is 25.7 Å². The molecule has 100 valence electrons. The van der Waals surface area contributed by atoms with Crippen molar-refractivity contribution < 1.29 is 5.11 Å². The van der Waals surface area contributed by atoms with Crippen molar-refractivity contribution in [3.63, 3.8) is 0 Å². The molecule has 3 heteroatoms. The van der Waals surface area contributed by atoms with Gasteiger partial charge in [-0.25, -0.2) is 0 Å². The van der Waals surface area contributed by atoms with Crippen molar-refractivity contribution in [2.45, 2.75) is 39.2 Å². The third kappa shape index (κ3) is 3.39. The Morgan fingerprint density at radius 2 is 2.06 bits per heavy atom. The van der Waals surface area contributed by atoms with E-state index >= 15 is 0 Å². The van der Waals surface area contributed by atoms with Gasteiger partial charge in [-0.15, -0.1) is 0 Å². The Morgan fingerprint density at radius 3 is 2.72 bits per heavy atom. The zero-order valence-corrected chi connectivity index (χ0v) is 11.2. The van der Waals surface area contributed by atoms with Gasteiger partial charge in [0.2, 0.25) is 0 Å². The summed E-state index contributed by atoms with van der Waals surface area (Å²) in [6, 6.07) is 5.31. The minimum atomic E-state index is 0.361. The predicted octanol–water partition coefficient (Wildman–Crippen LogP) is 2.99. The number of nitrogen functional groups attached to an aromatic ring is 1. The Kier molecular flexibility index (Phi) is 4.48. The van der Waals surface area contributed by atoms with Crippen molar-refractivity contribution in [1.29, 1.82) is 0 Å². The minimum absolute atomic E-state index is 0.361. The van der Waals surface area contributed by atoms with Gasteiger partial charge in [-0.2, -0.15) is 0 Å². The van der Waals surface area contributed by atoms with Crippen molar-refractivity contribution in [1.82, 2.24) is 4.90 Å². The molecule has 1 aromatic carbocycles. The van der Waals surface area contributed by atoms with Crippen LogP contribution in [-0.4, -0.2) is 23.1 Å². The maximum atomic E-state index is 9.82. The highest BCUT2D eigenvalue weighted by molar-refractivity contribution is 5.47. The second kappa shape index (κ2) is 6.10. The molecule has 0 atom stereocenters. The van der Waals surface area contributed by atoms with Crippen LogP contribution in [0.2, 0.25) is 0 Å². The van der Waals surface area contributed by atoms with Crippen LogP contribution in [0.5, 0.6) is 5.75 Å². The van der Waals surface area contributed by atoms with Gasteiger partial charge < -0.3 is 10.8 Å². The van der Waals surface area contributed by atoms with E-state index in [9.17, 15) is 5.11 Å². The topological polar surface area (TPSA) is 49.5 Å². The minimum Gasteiger partial charge on any atom is -0.508 e. The van der Waals surface area contributed by atoms with Gasteiger partial charge in [0.1, 0.15) is 5.75 Å². The van der Waals surface area contributed by atoms with Crippen LogP contribution >= 0.6 is 0 Å². The average molecular weight is 248 g/mol. The summed E-state index contributed by atoms with van der Waals surface area (Å²) in [5, 5.41) is 9.82. The van der Waals surface area contributed by atoms with Crippen molar-refractivity contribution in [2.24, 2.45) is 5.92 Å². The van der Waals surface area contributed by atoms with Crippen LogP contribution in [0, 0.1) is 5.92 Å². The van der Waals surface area contributed by atoms with E-state index < -0.39 is 0 Å². The molecule has 0 aromatic heterocycles. The number of aromatic hydroxyl groups is 1. The Morgan fingerprint density at radius 1 is 1.33 bits per heavy atom. The number of rotatable bonds is 4. The van der Waals surface area contributed by atoms with Crippen LogP contribution in [0.15, 0.2) is 18.2 Å². The van der Waals surface area contributed by atoms with Gasteiger partial charge in [-0.1, -0.05) is 19.8 Å². The number of likely N-dealkylation sites (tertiary alicyclic amines) is 1. The quantitative estimate of drug-likeness (QED) is 0.636. The number of piperidine rings is 1. The van der Waals surface area contributed by atoms with Crippen molar-refractivity contribution in [2.75, 3.05) is 18.8 Å². The first-order chi connectivity index (χ1) is 8.69. The van der Waals surface area contributed by atoms with Crippen LogP contribution in [0.3, 0.4) is 0 Å². The third-order valence-corrected chi connectivity index (χ3v) is 3.90. The van der Waals surface area contributed by atoms with Crippen LogP contribution < -0.4 is 5.73 Å². The summed E-state index contributed by atoms with van der Waals surface area (Å²) >= 11 is 0. The van der Waals surface area contributed by atoms with Gasteiger partial charge in [-0.3, -0.25) is 4.90 Å². The molecular formula is C15H24N2O. The normalized spacial score (nSPS) is 18.1. The molecule has 3 nitrogen and oxygen atoms in total. The smallest absolute Gasteiger partial charge is 0.120 e. The first-order valence-electron chi connectivity index (χ1n) is 6.98. The van der Waals surface area contributed by atoms with Gasteiger partial charge in [0, 0.05) is 17.8 Å². The van der Waals surface area contributed by atoms with E-state index in [2.05, 4.69) is 11.8 Å². The molecule has 2 rings (SSSR count). The molecular weight excluding hydrogens is 224 g/mol. The fourth-order valence-electron chi connectivity index (χ4n) is 2.81. The van der Waals surface area contributed by atoms with E-state index in [0.717, 1.165) is 36.8 Å². The molecule has 0 aliphatic carbocycles. The lowest BCUT2D eigenvalue weighted by molar-refractivity contribution is 0.170. The third-order valence-electron chi connectivity index (χ3n) is 3.90. The molecule has 0 saturated carbocycles. The van der Waals surface area contributed by atoms with E-state index in [0.29, 0.717) is 5.75 Å². The van der Waals surface area contributed by atoms with Gasteiger partial charge >= 0.3 is 0 Å². The molecule has 3 N–H and O–H groups in total. The highest BCUT2D eigenvalue weighted by atomic mass is 16.3. The number of hydrogen-bond donors (Lipinski definition) is 2. The van der Waals surface area contributed by atoms with Crippen LogP contribution in [0.25, 0.3) is 0 Å². The van der Waals surface area contributed by atoms with E-state index in [-0.39, 0.29) is 0 Å². The maximum Gasteiger partial charge on any atom is 0.120 e. The predicted molar refractivity (Wildman–Crippen MR) is 75.4 cm³/mol. The fraction of sp³-hybridized carbons (Fsp3) is 0.600. The number of nitrogens with two attached hydrogens (primary N) is 1. The van der Waals surface area contributed by atoms with Crippen LogP contribution in [-0.2, 0) is 6.54 Å². The first-order valence-corrected chi connectivity index (χ1v) is 6.98. The number of phenols is 1. The summed E-state index contributed by atoms with van der Waals surface area (Å²) in [5.41, 5.74) is 7.44. The SMILES string of the molecule is CCCC1CCN(Cc2cc(N)ccc2O)CC1. The van der Waals surface area contributed by atoms with Crippen molar-refractivity contribution in [3.05, 3.63) is 23.8 Å². The highest BCUT2D eigenvalue weighted by Crippen LogP contribution is 2.26. The number of benzene rings is 1. The Labute approximate surface area is 110 Å². The lowest BCUT2D eigenvalue weighted by Gasteiger charge is -2.32. The highest BCUT2D eigenvalue weighted by Gasteiger charge is 2.19. The lowest BCUT2D eigenvalue weighted by Crippen LogP contribution is -2.33. The molecule has 1 aliphatic rings. The first kappa shape index (κ1) is 13.2. The van der Waals surface area contributed by atoms with Crippen molar-refractivity contribution in [3.8, 4) is 5.75 Å². The molecule has 1 fully saturated rings. The van der Waals surface area contributed by atoms with E-state index in [1.807, 2.05) is 6.07 Å². The molecule has 1 heterocycles. The molecule has 0 radical (unpaired) electrons. The summed E-state index contributed by atoms with van der Waals surface area (Å²) < 4.78 is 0. The molecule has 0 unspecified atom stereocenters. The zero-order chi connectivity index (χ0) is 13.0. The van der Waals surface area contributed by atoms with Gasteiger partial charge in [0.25, 0.3) is 0 Å². The van der Waals surface area contributed by atoms with E-state index in [4.69, 9.17) is 5.73 Å². The number of phenolic OH excluding ortho intramolecular Hbond substituents is 1. The Bertz CT molecular complexity index is 384. The molecule has 1 aromatic rings.